The SMILES string of the molecule is Cc1cc(-c2[nH]c3cc(C4CCCNC4)ccc3c2C)cc(C)n1. The second kappa shape index (κ2) is 6.06. The van der Waals surface area contributed by atoms with Crippen molar-refractivity contribution in [2.75, 3.05) is 13.1 Å². The van der Waals surface area contributed by atoms with Gasteiger partial charge in [0, 0.05) is 40.1 Å². The van der Waals surface area contributed by atoms with Crippen LogP contribution in [0.5, 0.6) is 0 Å². The predicted octanol–water partition coefficient (Wildman–Crippen LogP) is 4.62. The number of nitrogens with zero attached hydrogens (tertiary/aromatic N) is 1. The number of piperidine rings is 1. The average Bonchev–Trinajstić information content (AvgIpc) is 2.91. The van der Waals surface area contributed by atoms with E-state index in [1.807, 2.05) is 0 Å². The zero-order chi connectivity index (χ0) is 16.7. The van der Waals surface area contributed by atoms with Crippen LogP contribution in [0.15, 0.2) is 30.3 Å². The fraction of sp³-hybridized carbons (Fsp3) is 0.381. The summed E-state index contributed by atoms with van der Waals surface area (Å²) in [5.41, 5.74) is 8.60. The summed E-state index contributed by atoms with van der Waals surface area (Å²) in [5, 5.41) is 4.84. The Kier molecular flexibility index (Phi) is 3.89. The first-order valence-corrected chi connectivity index (χ1v) is 8.90. The molecule has 1 fully saturated rings. The smallest absolute Gasteiger partial charge is 0.0495 e. The third-order valence-electron chi connectivity index (χ3n) is 5.22. The number of rotatable bonds is 2. The molecular weight excluding hydrogens is 294 g/mol. The molecule has 1 aromatic carbocycles. The summed E-state index contributed by atoms with van der Waals surface area (Å²) >= 11 is 0. The first-order valence-electron chi connectivity index (χ1n) is 8.90. The number of aryl methyl sites for hydroxylation is 3. The van der Waals surface area contributed by atoms with Crippen LogP contribution in [0.25, 0.3) is 22.2 Å². The molecule has 0 aliphatic carbocycles. The molecule has 0 radical (unpaired) electrons. The Bertz CT molecular complexity index is 865. The second-order valence-electron chi connectivity index (χ2n) is 7.11. The van der Waals surface area contributed by atoms with Gasteiger partial charge in [-0.2, -0.15) is 0 Å². The Labute approximate surface area is 143 Å². The number of benzene rings is 1. The lowest BCUT2D eigenvalue weighted by Gasteiger charge is -2.23. The predicted molar refractivity (Wildman–Crippen MR) is 101 cm³/mol. The van der Waals surface area contributed by atoms with Gasteiger partial charge in [-0.3, -0.25) is 4.98 Å². The quantitative estimate of drug-likeness (QED) is 0.723. The fourth-order valence-electron chi connectivity index (χ4n) is 4.01. The Morgan fingerprint density at radius 2 is 1.83 bits per heavy atom. The molecule has 3 nitrogen and oxygen atoms in total. The molecule has 4 rings (SSSR count). The lowest BCUT2D eigenvalue weighted by molar-refractivity contribution is 0.462. The molecule has 0 saturated carbocycles. The van der Waals surface area contributed by atoms with Gasteiger partial charge in [-0.1, -0.05) is 12.1 Å². The van der Waals surface area contributed by atoms with E-state index in [1.165, 1.54) is 46.1 Å². The summed E-state index contributed by atoms with van der Waals surface area (Å²) in [6, 6.07) is 11.3. The molecule has 0 spiro atoms. The highest BCUT2D eigenvalue weighted by Gasteiger charge is 2.17. The molecule has 1 saturated heterocycles. The van der Waals surface area contributed by atoms with Gasteiger partial charge in [0.25, 0.3) is 0 Å². The molecule has 124 valence electrons. The summed E-state index contributed by atoms with van der Waals surface area (Å²) in [4.78, 5) is 8.16. The molecule has 3 heterocycles. The van der Waals surface area contributed by atoms with Crippen molar-refractivity contribution >= 4 is 10.9 Å². The molecule has 2 N–H and O–H groups in total. The van der Waals surface area contributed by atoms with Gasteiger partial charge in [-0.05, 0) is 75.4 Å². The van der Waals surface area contributed by atoms with E-state index < -0.39 is 0 Å². The highest BCUT2D eigenvalue weighted by Crippen LogP contribution is 2.33. The summed E-state index contributed by atoms with van der Waals surface area (Å²) < 4.78 is 0. The molecule has 2 aromatic heterocycles. The van der Waals surface area contributed by atoms with Gasteiger partial charge in [0.2, 0.25) is 0 Å². The minimum Gasteiger partial charge on any atom is -0.354 e. The number of fused-ring (bicyclic) bond motifs is 1. The summed E-state index contributed by atoms with van der Waals surface area (Å²) in [5.74, 6) is 0.639. The Hall–Kier alpha value is -2.13. The molecule has 3 heteroatoms. The van der Waals surface area contributed by atoms with Crippen molar-refractivity contribution in [1.82, 2.24) is 15.3 Å². The van der Waals surface area contributed by atoms with Crippen LogP contribution in [-0.2, 0) is 0 Å². The van der Waals surface area contributed by atoms with E-state index >= 15 is 0 Å². The van der Waals surface area contributed by atoms with Crippen molar-refractivity contribution in [1.29, 1.82) is 0 Å². The number of pyridine rings is 1. The first-order chi connectivity index (χ1) is 11.6. The third kappa shape index (κ3) is 2.73. The number of hydrogen-bond donors (Lipinski definition) is 2. The normalized spacial score (nSPS) is 18.2. The molecule has 3 aromatic rings. The zero-order valence-corrected chi connectivity index (χ0v) is 14.7. The number of H-pyrrole nitrogens is 1. The van der Waals surface area contributed by atoms with Gasteiger partial charge in [0.15, 0.2) is 0 Å². The standard InChI is InChI=1S/C21H25N3/c1-13-9-18(10-14(2)23-13)21-15(3)19-7-6-16(11-20(19)24-21)17-5-4-8-22-12-17/h6-7,9-11,17,22,24H,4-5,8,12H2,1-3H3. The maximum absolute atomic E-state index is 4.50. The van der Waals surface area contributed by atoms with Crippen LogP contribution in [0.2, 0.25) is 0 Å². The van der Waals surface area contributed by atoms with Gasteiger partial charge in [-0.15, -0.1) is 0 Å². The average molecular weight is 319 g/mol. The minimum atomic E-state index is 0.639. The van der Waals surface area contributed by atoms with E-state index in [9.17, 15) is 0 Å². The maximum Gasteiger partial charge on any atom is 0.0495 e. The lowest BCUT2D eigenvalue weighted by Crippen LogP contribution is -2.28. The van der Waals surface area contributed by atoms with Gasteiger partial charge in [0.1, 0.15) is 0 Å². The van der Waals surface area contributed by atoms with E-state index in [4.69, 9.17) is 0 Å². The fourth-order valence-corrected chi connectivity index (χ4v) is 4.01. The molecule has 1 atom stereocenters. The summed E-state index contributed by atoms with van der Waals surface area (Å²) in [6.07, 6.45) is 2.56. The number of nitrogens with one attached hydrogen (secondary N) is 2. The van der Waals surface area contributed by atoms with Gasteiger partial charge >= 0.3 is 0 Å². The molecule has 1 aliphatic heterocycles. The van der Waals surface area contributed by atoms with Crippen LogP contribution < -0.4 is 5.32 Å². The monoisotopic (exact) mass is 319 g/mol. The largest absolute Gasteiger partial charge is 0.354 e. The molecule has 24 heavy (non-hydrogen) atoms. The molecular formula is C21H25N3. The van der Waals surface area contributed by atoms with Crippen molar-refractivity contribution in [2.24, 2.45) is 0 Å². The molecule has 1 unspecified atom stereocenters. The van der Waals surface area contributed by atoms with Crippen LogP contribution >= 0.6 is 0 Å². The number of aromatic nitrogens is 2. The zero-order valence-electron chi connectivity index (χ0n) is 14.7. The van der Waals surface area contributed by atoms with Crippen LogP contribution in [-0.4, -0.2) is 23.1 Å². The van der Waals surface area contributed by atoms with Crippen LogP contribution in [0.3, 0.4) is 0 Å². The van der Waals surface area contributed by atoms with Crippen molar-refractivity contribution < 1.29 is 0 Å². The molecule has 0 bridgehead atoms. The van der Waals surface area contributed by atoms with E-state index in [2.05, 4.69) is 66.4 Å². The van der Waals surface area contributed by atoms with Crippen LogP contribution in [0, 0.1) is 20.8 Å². The summed E-state index contributed by atoms with van der Waals surface area (Å²) in [7, 11) is 0. The highest BCUT2D eigenvalue weighted by molar-refractivity contribution is 5.91. The number of hydrogen-bond acceptors (Lipinski definition) is 2. The Morgan fingerprint density at radius 3 is 2.54 bits per heavy atom. The van der Waals surface area contributed by atoms with E-state index in [0.717, 1.165) is 24.5 Å². The highest BCUT2D eigenvalue weighted by atomic mass is 14.9. The van der Waals surface area contributed by atoms with Crippen molar-refractivity contribution in [3.8, 4) is 11.3 Å². The molecule has 1 aliphatic rings. The topological polar surface area (TPSA) is 40.7 Å². The maximum atomic E-state index is 4.50. The van der Waals surface area contributed by atoms with E-state index in [1.54, 1.807) is 0 Å². The lowest BCUT2D eigenvalue weighted by atomic mass is 9.91. The third-order valence-corrected chi connectivity index (χ3v) is 5.22. The van der Waals surface area contributed by atoms with E-state index in [-0.39, 0.29) is 0 Å². The second-order valence-corrected chi connectivity index (χ2v) is 7.11. The minimum absolute atomic E-state index is 0.639. The summed E-state index contributed by atoms with van der Waals surface area (Å²) in [6.45, 7) is 8.58. The van der Waals surface area contributed by atoms with Gasteiger partial charge < -0.3 is 10.3 Å². The van der Waals surface area contributed by atoms with Gasteiger partial charge in [-0.25, -0.2) is 0 Å². The van der Waals surface area contributed by atoms with Crippen LogP contribution in [0.1, 0.15) is 41.3 Å². The van der Waals surface area contributed by atoms with Crippen LogP contribution in [0.4, 0.5) is 0 Å². The Morgan fingerprint density at radius 1 is 1.04 bits per heavy atom. The first kappa shape index (κ1) is 15.4. The van der Waals surface area contributed by atoms with Crippen molar-refractivity contribution in [2.45, 2.75) is 39.5 Å². The molecule has 0 amide bonds. The van der Waals surface area contributed by atoms with Gasteiger partial charge in [0.05, 0.1) is 0 Å². The van der Waals surface area contributed by atoms with Crippen molar-refractivity contribution in [3.63, 3.8) is 0 Å². The van der Waals surface area contributed by atoms with Crippen molar-refractivity contribution in [3.05, 3.63) is 52.8 Å². The Balaban J connectivity index is 1.79. The number of aromatic amines is 1. The van der Waals surface area contributed by atoms with E-state index in [0.29, 0.717) is 5.92 Å².